The molecule has 0 saturated heterocycles. The van der Waals surface area contributed by atoms with Crippen LogP contribution >= 0.6 is 39.1 Å². The first-order valence-electron chi connectivity index (χ1n) is 5.85. The first-order valence-corrected chi connectivity index (χ1v) is 7.40. The number of rotatable bonds is 4. The summed E-state index contributed by atoms with van der Waals surface area (Å²) in [5, 5.41) is 1.01. The van der Waals surface area contributed by atoms with Gasteiger partial charge in [0.25, 0.3) is 0 Å². The molecular weight excluding hydrogens is 366 g/mol. The van der Waals surface area contributed by atoms with Crippen LogP contribution in [0.4, 0.5) is 4.39 Å². The first-order chi connectivity index (χ1) is 9.45. The van der Waals surface area contributed by atoms with E-state index in [1.807, 2.05) is 0 Å². The third-order valence-corrected chi connectivity index (χ3v) is 4.13. The van der Waals surface area contributed by atoms with Crippen molar-refractivity contribution < 1.29 is 9.18 Å². The zero-order valence-electron chi connectivity index (χ0n) is 10.3. The molecule has 2 aromatic carbocycles. The molecule has 1 nitrogen and oxygen atoms in total. The van der Waals surface area contributed by atoms with Crippen LogP contribution in [0.15, 0.2) is 40.9 Å². The average molecular weight is 376 g/mol. The molecule has 2 aromatic rings. The lowest BCUT2D eigenvalue weighted by Crippen LogP contribution is -2.07. The predicted molar refractivity (Wildman–Crippen MR) is 83.0 cm³/mol. The topological polar surface area (TPSA) is 17.1 Å². The Morgan fingerprint density at radius 3 is 2.35 bits per heavy atom. The van der Waals surface area contributed by atoms with Gasteiger partial charge in [-0.1, -0.05) is 51.3 Å². The molecule has 0 aliphatic rings. The zero-order valence-corrected chi connectivity index (χ0v) is 13.4. The van der Waals surface area contributed by atoms with Gasteiger partial charge in [-0.25, -0.2) is 4.39 Å². The van der Waals surface area contributed by atoms with Crippen molar-refractivity contribution in [3.8, 4) is 0 Å². The monoisotopic (exact) mass is 374 g/mol. The number of Topliss-reactive ketones (excluding diaryl/α,β-unsaturated/α-hetero) is 1. The number of hydrogen-bond donors (Lipinski definition) is 0. The van der Waals surface area contributed by atoms with Gasteiger partial charge < -0.3 is 0 Å². The molecule has 104 valence electrons. The van der Waals surface area contributed by atoms with Gasteiger partial charge >= 0.3 is 0 Å². The largest absolute Gasteiger partial charge is 0.299 e. The van der Waals surface area contributed by atoms with Gasteiger partial charge in [-0.2, -0.15) is 0 Å². The second-order valence-corrected chi connectivity index (χ2v) is 6.06. The molecule has 0 heterocycles. The van der Waals surface area contributed by atoms with Crippen molar-refractivity contribution in [2.45, 2.75) is 12.8 Å². The third kappa shape index (κ3) is 4.05. The predicted octanol–water partition coefficient (Wildman–Crippen LogP) is 5.25. The van der Waals surface area contributed by atoms with Crippen molar-refractivity contribution in [2.75, 3.05) is 0 Å². The molecule has 0 fully saturated rings. The van der Waals surface area contributed by atoms with E-state index in [-0.39, 0.29) is 24.4 Å². The Labute approximate surface area is 134 Å². The SMILES string of the molecule is O=C(Cc1ccc(Cl)cc1Cl)Cc1ccc(F)cc1Br. The quantitative estimate of drug-likeness (QED) is 0.713. The molecule has 0 N–H and O–H groups in total. The number of halogens is 4. The molecule has 0 saturated carbocycles. The molecule has 0 amide bonds. The van der Waals surface area contributed by atoms with Gasteiger partial charge in [-0.15, -0.1) is 0 Å². The molecule has 0 aliphatic carbocycles. The third-order valence-electron chi connectivity index (χ3n) is 2.81. The highest BCUT2D eigenvalue weighted by molar-refractivity contribution is 9.10. The molecule has 0 bridgehead atoms. The van der Waals surface area contributed by atoms with E-state index in [1.165, 1.54) is 12.1 Å². The lowest BCUT2D eigenvalue weighted by atomic mass is 10.0. The summed E-state index contributed by atoms with van der Waals surface area (Å²) in [6, 6.07) is 9.33. The van der Waals surface area contributed by atoms with E-state index >= 15 is 0 Å². The summed E-state index contributed by atoms with van der Waals surface area (Å²) in [6.07, 6.45) is 0.444. The maximum absolute atomic E-state index is 13.0. The van der Waals surface area contributed by atoms with Crippen LogP contribution < -0.4 is 0 Å². The summed E-state index contributed by atoms with van der Waals surface area (Å²) >= 11 is 15.1. The number of carbonyl (C=O) groups excluding carboxylic acids is 1. The lowest BCUT2D eigenvalue weighted by Gasteiger charge is -2.06. The summed E-state index contributed by atoms with van der Waals surface area (Å²) in [6.45, 7) is 0. The Balaban J connectivity index is 2.09. The molecule has 0 aliphatic heterocycles. The van der Waals surface area contributed by atoms with Gasteiger partial charge in [0, 0.05) is 27.4 Å². The van der Waals surface area contributed by atoms with Crippen LogP contribution in [0.3, 0.4) is 0 Å². The van der Waals surface area contributed by atoms with Gasteiger partial charge in [0.05, 0.1) is 0 Å². The molecule has 0 aromatic heterocycles. The van der Waals surface area contributed by atoms with Gasteiger partial charge in [0.2, 0.25) is 0 Å². The highest BCUT2D eigenvalue weighted by Gasteiger charge is 2.11. The Morgan fingerprint density at radius 2 is 1.70 bits per heavy atom. The van der Waals surface area contributed by atoms with Gasteiger partial charge in [-0.05, 0) is 35.4 Å². The fourth-order valence-corrected chi connectivity index (χ4v) is 2.78. The van der Waals surface area contributed by atoms with E-state index in [9.17, 15) is 9.18 Å². The molecule has 0 unspecified atom stereocenters. The van der Waals surface area contributed by atoms with Crippen molar-refractivity contribution in [1.82, 2.24) is 0 Å². The van der Waals surface area contributed by atoms with Crippen molar-refractivity contribution in [3.63, 3.8) is 0 Å². The number of hydrogen-bond acceptors (Lipinski definition) is 1. The highest BCUT2D eigenvalue weighted by Crippen LogP contribution is 2.23. The Kier molecular flexibility index (Phi) is 5.19. The smallest absolute Gasteiger partial charge is 0.141 e. The van der Waals surface area contributed by atoms with E-state index in [1.54, 1.807) is 24.3 Å². The van der Waals surface area contributed by atoms with Crippen LogP contribution in [0, 0.1) is 5.82 Å². The molecule has 2 rings (SSSR count). The molecule has 20 heavy (non-hydrogen) atoms. The maximum atomic E-state index is 13.0. The van der Waals surface area contributed by atoms with E-state index in [0.717, 1.165) is 11.1 Å². The second kappa shape index (κ2) is 6.70. The maximum Gasteiger partial charge on any atom is 0.141 e. The van der Waals surface area contributed by atoms with Crippen molar-refractivity contribution in [1.29, 1.82) is 0 Å². The standard InChI is InChI=1S/C15H10BrCl2FO/c16-14-8-12(19)4-2-9(14)5-13(20)6-10-1-3-11(17)7-15(10)18/h1-4,7-8H,5-6H2. The minimum absolute atomic E-state index is 0.00142. The number of ketones is 1. The summed E-state index contributed by atoms with van der Waals surface area (Å²) in [7, 11) is 0. The van der Waals surface area contributed by atoms with Gasteiger partial charge in [0.15, 0.2) is 0 Å². The van der Waals surface area contributed by atoms with E-state index in [4.69, 9.17) is 23.2 Å². The Morgan fingerprint density at radius 1 is 1.05 bits per heavy atom. The molecule has 0 radical (unpaired) electrons. The highest BCUT2D eigenvalue weighted by atomic mass is 79.9. The molecule has 0 spiro atoms. The number of carbonyl (C=O) groups is 1. The van der Waals surface area contributed by atoms with Crippen molar-refractivity contribution in [3.05, 3.63) is 67.9 Å². The van der Waals surface area contributed by atoms with Crippen LogP contribution in [-0.4, -0.2) is 5.78 Å². The van der Waals surface area contributed by atoms with Gasteiger partial charge in [-0.3, -0.25) is 4.79 Å². The summed E-state index contributed by atoms with van der Waals surface area (Å²) in [4.78, 5) is 12.0. The lowest BCUT2D eigenvalue weighted by molar-refractivity contribution is -0.117. The van der Waals surface area contributed by atoms with Crippen LogP contribution in [-0.2, 0) is 17.6 Å². The molecular formula is C15H10BrCl2FO. The fourth-order valence-electron chi connectivity index (χ4n) is 1.82. The second-order valence-electron chi connectivity index (χ2n) is 4.36. The van der Waals surface area contributed by atoms with Crippen LogP contribution in [0.5, 0.6) is 0 Å². The molecule has 0 atom stereocenters. The van der Waals surface area contributed by atoms with Crippen LogP contribution in [0.1, 0.15) is 11.1 Å². The van der Waals surface area contributed by atoms with E-state index in [2.05, 4.69) is 15.9 Å². The summed E-state index contributed by atoms with van der Waals surface area (Å²) in [5.74, 6) is -0.338. The fraction of sp³-hybridized carbons (Fsp3) is 0.133. The summed E-state index contributed by atoms with van der Waals surface area (Å²) < 4.78 is 13.6. The van der Waals surface area contributed by atoms with E-state index < -0.39 is 0 Å². The summed E-state index contributed by atoms with van der Waals surface area (Å²) in [5.41, 5.74) is 1.49. The Hall–Kier alpha value is -0.900. The Bertz CT molecular complexity index is 603. The van der Waals surface area contributed by atoms with E-state index in [0.29, 0.717) is 14.5 Å². The van der Waals surface area contributed by atoms with Crippen LogP contribution in [0.2, 0.25) is 10.0 Å². The minimum Gasteiger partial charge on any atom is -0.299 e. The van der Waals surface area contributed by atoms with Crippen molar-refractivity contribution in [2.24, 2.45) is 0 Å². The van der Waals surface area contributed by atoms with Crippen LogP contribution in [0.25, 0.3) is 0 Å². The first kappa shape index (κ1) is 15.5. The zero-order chi connectivity index (χ0) is 14.7. The molecule has 5 heteroatoms. The van der Waals surface area contributed by atoms with Gasteiger partial charge in [0.1, 0.15) is 11.6 Å². The normalized spacial score (nSPS) is 10.6. The minimum atomic E-state index is -0.339. The average Bonchev–Trinajstić information content (AvgIpc) is 2.36. The van der Waals surface area contributed by atoms with Crippen molar-refractivity contribution >= 4 is 44.9 Å². The number of benzene rings is 2.